The fraction of sp³-hybridized carbons (Fsp3) is 0.818. The summed E-state index contributed by atoms with van der Waals surface area (Å²) >= 11 is 0. The van der Waals surface area contributed by atoms with Gasteiger partial charge in [0.2, 0.25) is 0 Å². The molecule has 100 valence electrons. The van der Waals surface area contributed by atoms with Gasteiger partial charge in [0.05, 0.1) is 0 Å². The first-order valence-corrected chi connectivity index (χ1v) is 5.86. The molecule has 2 rings (SSSR count). The van der Waals surface area contributed by atoms with Gasteiger partial charge in [-0.1, -0.05) is 0 Å². The lowest BCUT2D eigenvalue weighted by molar-refractivity contribution is 0.363. The Bertz CT molecular complexity index is 308. The second-order valence-electron chi connectivity index (χ2n) is 4.66. The summed E-state index contributed by atoms with van der Waals surface area (Å²) in [5, 5.41) is 11.7. The van der Waals surface area contributed by atoms with Crippen LogP contribution in [0.2, 0.25) is 0 Å². The predicted octanol–water partition coefficient (Wildman–Crippen LogP) is 2.24. The lowest BCUT2D eigenvalue weighted by Crippen LogP contribution is -2.31. The fourth-order valence-electron chi connectivity index (χ4n) is 2.20. The molecule has 1 fully saturated rings. The first kappa shape index (κ1) is 16.7. The molecule has 6 heteroatoms. The van der Waals surface area contributed by atoms with E-state index in [-0.39, 0.29) is 24.8 Å². The number of piperidine rings is 1. The standard InChI is InChI=1S/C11H20N4.2ClH/c1-9(2)15-8-13-14-11(15)6-10-4-3-5-12-7-10;;/h8-10,12H,3-7H2,1-2H3;2*1H. The molecule has 1 atom stereocenters. The Balaban J connectivity index is 0.00000128. The van der Waals surface area contributed by atoms with Gasteiger partial charge in [-0.15, -0.1) is 35.0 Å². The number of rotatable bonds is 3. The van der Waals surface area contributed by atoms with Crippen molar-refractivity contribution >= 4 is 24.8 Å². The minimum Gasteiger partial charge on any atom is -0.316 e. The maximum Gasteiger partial charge on any atom is 0.133 e. The Hall–Kier alpha value is -0.320. The van der Waals surface area contributed by atoms with Gasteiger partial charge in [0.15, 0.2) is 0 Å². The maximum atomic E-state index is 4.22. The zero-order chi connectivity index (χ0) is 10.7. The zero-order valence-corrected chi connectivity index (χ0v) is 12.1. The third-order valence-electron chi connectivity index (χ3n) is 3.07. The monoisotopic (exact) mass is 280 g/mol. The molecule has 2 heterocycles. The minimum absolute atomic E-state index is 0. The van der Waals surface area contributed by atoms with Crippen LogP contribution in [0.15, 0.2) is 6.33 Å². The molecule has 1 aromatic heterocycles. The first-order valence-electron chi connectivity index (χ1n) is 5.86. The van der Waals surface area contributed by atoms with Crippen LogP contribution in [0.25, 0.3) is 0 Å². The number of hydrogen-bond donors (Lipinski definition) is 1. The molecule has 0 spiro atoms. The average molecular weight is 281 g/mol. The minimum atomic E-state index is 0. The number of halogens is 2. The number of nitrogens with one attached hydrogen (secondary N) is 1. The smallest absolute Gasteiger partial charge is 0.133 e. The molecular weight excluding hydrogens is 259 g/mol. The molecule has 1 saturated heterocycles. The second-order valence-corrected chi connectivity index (χ2v) is 4.66. The summed E-state index contributed by atoms with van der Waals surface area (Å²) in [6, 6.07) is 0.464. The van der Waals surface area contributed by atoms with E-state index in [0.717, 1.165) is 24.7 Å². The van der Waals surface area contributed by atoms with Crippen LogP contribution in [0.3, 0.4) is 0 Å². The van der Waals surface area contributed by atoms with Gasteiger partial charge >= 0.3 is 0 Å². The Morgan fingerprint density at radius 1 is 1.47 bits per heavy atom. The molecular formula is C11H22Cl2N4. The van der Waals surface area contributed by atoms with Gasteiger partial charge < -0.3 is 9.88 Å². The summed E-state index contributed by atoms with van der Waals surface area (Å²) in [5.74, 6) is 1.87. The topological polar surface area (TPSA) is 42.7 Å². The van der Waals surface area contributed by atoms with Crippen LogP contribution in [0.5, 0.6) is 0 Å². The maximum absolute atomic E-state index is 4.22. The van der Waals surface area contributed by atoms with Crippen molar-refractivity contribution in [2.24, 2.45) is 5.92 Å². The Kier molecular flexibility index (Phi) is 7.75. The van der Waals surface area contributed by atoms with Crippen LogP contribution in [-0.2, 0) is 6.42 Å². The molecule has 0 aliphatic carbocycles. The van der Waals surface area contributed by atoms with Crippen LogP contribution in [0.1, 0.15) is 38.6 Å². The molecule has 1 aromatic rings. The fourth-order valence-corrected chi connectivity index (χ4v) is 2.20. The van der Waals surface area contributed by atoms with E-state index in [1.54, 1.807) is 0 Å². The van der Waals surface area contributed by atoms with Gasteiger partial charge in [0.1, 0.15) is 12.2 Å². The van der Waals surface area contributed by atoms with Crippen LogP contribution < -0.4 is 5.32 Å². The van der Waals surface area contributed by atoms with E-state index in [4.69, 9.17) is 0 Å². The van der Waals surface area contributed by atoms with Crippen molar-refractivity contribution in [2.75, 3.05) is 13.1 Å². The van der Waals surface area contributed by atoms with E-state index in [9.17, 15) is 0 Å². The molecule has 0 radical (unpaired) electrons. The molecule has 0 saturated carbocycles. The lowest BCUT2D eigenvalue weighted by Gasteiger charge is -2.22. The van der Waals surface area contributed by atoms with E-state index >= 15 is 0 Å². The van der Waals surface area contributed by atoms with Gasteiger partial charge in [-0.05, 0) is 45.7 Å². The number of aromatic nitrogens is 3. The van der Waals surface area contributed by atoms with E-state index in [1.807, 2.05) is 6.33 Å². The van der Waals surface area contributed by atoms with Crippen molar-refractivity contribution in [3.8, 4) is 0 Å². The summed E-state index contributed by atoms with van der Waals surface area (Å²) in [4.78, 5) is 0. The molecule has 0 bridgehead atoms. The summed E-state index contributed by atoms with van der Waals surface area (Å²) in [6.07, 6.45) is 5.51. The Morgan fingerprint density at radius 3 is 2.82 bits per heavy atom. The van der Waals surface area contributed by atoms with Crippen molar-refractivity contribution in [1.82, 2.24) is 20.1 Å². The second kappa shape index (κ2) is 7.90. The highest BCUT2D eigenvalue weighted by Gasteiger charge is 2.17. The van der Waals surface area contributed by atoms with Crippen LogP contribution in [0, 0.1) is 5.92 Å². The molecule has 17 heavy (non-hydrogen) atoms. The largest absolute Gasteiger partial charge is 0.316 e. The summed E-state index contributed by atoms with van der Waals surface area (Å²) < 4.78 is 2.18. The molecule has 1 aliphatic rings. The zero-order valence-electron chi connectivity index (χ0n) is 10.4. The first-order chi connectivity index (χ1) is 7.27. The van der Waals surface area contributed by atoms with Crippen LogP contribution in [0.4, 0.5) is 0 Å². The van der Waals surface area contributed by atoms with Crippen molar-refractivity contribution in [2.45, 2.75) is 39.2 Å². The highest BCUT2D eigenvalue weighted by molar-refractivity contribution is 5.85. The van der Waals surface area contributed by atoms with Gasteiger partial charge in [-0.3, -0.25) is 0 Å². The van der Waals surface area contributed by atoms with Crippen LogP contribution >= 0.6 is 24.8 Å². The number of hydrogen-bond acceptors (Lipinski definition) is 3. The van der Waals surface area contributed by atoms with Gasteiger partial charge in [-0.25, -0.2) is 0 Å². The predicted molar refractivity (Wildman–Crippen MR) is 74.2 cm³/mol. The van der Waals surface area contributed by atoms with Crippen molar-refractivity contribution < 1.29 is 0 Å². The van der Waals surface area contributed by atoms with Gasteiger partial charge in [-0.2, -0.15) is 0 Å². The third-order valence-corrected chi connectivity index (χ3v) is 3.07. The quantitative estimate of drug-likeness (QED) is 0.924. The van der Waals surface area contributed by atoms with E-state index < -0.39 is 0 Å². The van der Waals surface area contributed by atoms with Crippen LogP contribution in [-0.4, -0.2) is 27.9 Å². The summed E-state index contributed by atoms with van der Waals surface area (Å²) in [7, 11) is 0. The van der Waals surface area contributed by atoms with E-state index in [0.29, 0.717) is 6.04 Å². The van der Waals surface area contributed by atoms with Crippen molar-refractivity contribution in [1.29, 1.82) is 0 Å². The Morgan fingerprint density at radius 2 is 2.24 bits per heavy atom. The third kappa shape index (κ3) is 4.45. The average Bonchev–Trinajstić information content (AvgIpc) is 2.67. The van der Waals surface area contributed by atoms with Crippen molar-refractivity contribution in [3.63, 3.8) is 0 Å². The molecule has 1 N–H and O–H groups in total. The van der Waals surface area contributed by atoms with E-state index in [1.165, 1.54) is 19.4 Å². The summed E-state index contributed by atoms with van der Waals surface area (Å²) in [5.41, 5.74) is 0. The van der Waals surface area contributed by atoms with Crippen molar-refractivity contribution in [3.05, 3.63) is 12.2 Å². The molecule has 1 unspecified atom stereocenters. The molecule has 1 aliphatic heterocycles. The number of nitrogens with zero attached hydrogens (tertiary/aromatic N) is 3. The summed E-state index contributed by atoms with van der Waals surface area (Å²) in [6.45, 7) is 6.65. The normalized spacial score (nSPS) is 19.6. The van der Waals surface area contributed by atoms with Gasteiger partial charge in [0, 0.05) is 12.5 Å². The lowest BCUT2D eigenvalue weighted by atomic mass is 9.96. The SMILES string of the molecule is CC(C)n1cnnc1CC1CCCNC1.Cl.Cl. The highest BCUT2D eigenvalue weighted by Crippen LogP contribution is 2.16. The Labute approximate surface area is 115 Å². The van der Waals surface area contributed by atoms with Gasteiger partial charge in [0.25, 0.3) is 0 Å². The molecule has 0 aromatic carbocycles. The molecule has 0 amide bonds. The molecule has 4 nitrogen and oxygen atoms in total. The van der Waals surface area contributed by atoms with E-state index in [2.05, 4.69) is 33.9 Å². The highest BCUT2D eigenvalue weighted by atomic mass is 35.5.